The number of nitrogens with one attached hydrogen (secondary N) is 1. The quantitative estimate of drug-likeness (QED) is 0.0945. The number of ether oxygens (including phenoxy) is 6. The molecule has 4 rings (SSSR count). The molecule has 3 unspecified atom stereocenters. The maximum atomic E-state index is 14.5. The number of nitrogens with zero attached hydrogens (tertiary/aromatic N) is 1. The zero-order chi connectivity index (χ0) is 36.6. The van der Waals surface area contributed by atoms with Crippen LogP contribution in [0, 0.1) is 0 Å². The van der Waals surface area contributed by atoms with Gasteiger partial charge in [-0.15, -0.1) is 0 Å². The van der Waals surface area contributed by atoms with Gasteiger partial charge in [0, 0.05) is 25.8 Å². The normalized spacial score (nSPS) is 19.7. The summed E-state index contributed by atoms with van der Waals surface area (Å²) < 4.78 is 66.3. The molecule has 1 aromatic heterocycles. The van der Waals surface area contributed by atoms with Crippen LogP contribution in [0.2, 0.25) is 0 Å². The molecule has 2 aromatic carbocycles. The minimum Gasteiger partial charge on any atom is -0.461 e. The molecule has 5 atom stereocenters. The van der Waals surface area contributed by atoms with Crippen LogP contribution in [-0.2, 0) is 53.4 Å². The zero-order valence-corrected chi connectivity index (χ0v) is 29.5. The molecule has 1 aliphatic heterocycles. The van der Waals surface area contributed by atoms with Crippen LogP contribution in [0.1, 0.15) is 48.8 Å². The lowest BCUT2D eigenvalue weighted by atomic mass is 10.1. The van der Waals surface area contributed by atoms with Gasteiger partial charge in [0.1, 0.15) is 18.5 Å². The molecular formula is C34H43N2O14P. The number of methoxy groups -OCH3 is 1. The lowest BCUT2D eigenvalue weighted by Gasteiger charge is -2.28. The number of carbonyl (C=O) groups is 2. The topological polar surface area (TPSA) is 189 Å². The minimum atomic E-state index is -4.58. The summed E-state index contributed by atoms with van der Waals surface area (Å²) in [7, 11) is -3.02. The second-order valence-electron chi connectivity index (χ2n) is 11.0. The molecule has 16 nitrogen and oxygen atoms in total. The highest BCUT2D eigenvalue weighted by Crippen LogP contribution is 2.53. The highest BCUT2D eigenvalue weighted by atomic mass is 31.2. The van der Waals surface area contributed by atoms with E-state index in [4.69, 9.17) is 42.0 Å². The number of rotatable bonds is 21. The van der Waals surface area contributed by atoms with Gasteiger partial charge in [0.05, 0.1) is 51.3 Å². The number of H-pyrrole nitrogens is 1. The molecule has 51 heavy (non-hydrogen) atoms. The Kier molecular flexibility index (Phi) is 15.6. The van der Waals surface area contributed by atoms with Crippen molar-refractivity contribution >= 4 is 19.8 Å². The maximum Gasteiger partial charge on any atom is 0.530 e. The van der Waals surface area contributed by atoms with Crippen LogP contribution in [0.15, 0.2) is 76.4 Å². The third kappa shape index (κ3) is 12.0. The van der Waals surface area contributed by atoms with Crippen LogP contribution < -0.4 is 15.8 Å². The molecule has 0 amide bonds. The van der Waals surface area contributed by atoms with E-state index in [1.807, 2.05) is 0 Å². The van der Waals surface area contributed by atoms with Gasteiger partial charge in [-0.25, -0.2) is 14.2 Å². The third-order valence-electron chi connectivity index (χ3n) is 7.43. The molecule has 1 saturated heterocycles. The second-order valence-corrected chi connectivity index (χ2v) is 12.6. The predicted molar refractivity (Wildman–Crippen MR) is 180 cm³/mol. The molecule has 0 spiro atoms. The number of hydrogen-bond donors (Lipinski definition) is 1. The number of aromatic nitrogens is 2. The van der Waals surface area contributed by atoms with E-state index in [1.165, 1.54) is 18.3 Å². The summed E-state index contributed by atoms with van der Waals surface area (Å²) in [4.78, 5) is 51.8. The van der Waals surface area contributed by atoms with Crippen LogP contribution >= 0.6 is 7.82 Å². The van der Waals surface area contributed by atoms with Gasteiger partial charge in [-0.3, -0.25) is 28.2 Å². The average molecular weight is 735 g/mol. The Labute approximate surface area is 294 Å². The van der Waals surface area contributed by atoms with Crippen LogP contribution in [0.3, 0.4) is 0 Å². The van der Waals surface area contributed by atoms with Crippen molar-refractivity contribution in [3.8, 4) is 5.75 Å². The van der Waals surface area contributed by atoms with Crippen molar-refractivity contribution in [2.24, 2.45) is 0 Å². The minimum absolute atomic E-state index is 0.00767. The fourth-order valence-corrected chi connectivity index (χ4v) is 6.24. The maximum absolute atomic E-state index is 14.5. The van der Waals surface area contributed by atoms with Crippen LogP contribution in [0.25, 0.3) is 0 Å². The summed E-state index contributed by atoms with van der Waals surface area (Å²) in [5.74, 6) is -1.04. The summed E-state index contributed by atoms with van der Waals surface area (Å²) in [5.41, 5.74) is -0.615. The molecule has 0 bridgehead atoms. The van der Waals surface area contributed by atoms with Crippen molar-refractivity contribution < 1.29 is 56.1 Å². The molecule has 278 valence electrons. The summed E-state index contributed by atoms with van der Waals surface area (Å²) in [6, 6.07) is 15.5. The number of benzene rings is 2. The Morgan fingerprint density at radius 3 is 2.22 bits per heavy atom. The fraction of sp³-hybridized carbons (Fsp3) is 0.471. The number of esters is 2. The number of carbonyl (C=O) groups excluding carboxylic acids is 2. The number of hydrogen-bond acceptors (Lipinski definition) is 14. The molecule has 1 aliphatic rings. The number of aromatic amines is 1. The van der Waals surface area contributed by atoms with E-state index in [0.717, 1.165) is 10.6 Å². The van der Waals surface area contributed by atoms with Gasteiger partial charge in [0.15, 0.2) is 12.3 Å². The van der Waals surface area contributed by atoms with Gasteiger partial charge in [0.2, 0.25) is 0 Å². The van der Waals surface area contributed by atoms with Crippen LogP contribution in [0.5, 0.6) is 5.75 Å². The van der Waals surface area contributed by atoms with Crippen molar-refractivity contribution in [2.75, 3.05) is 46.8 Å². The van der Waals surface area contributed by atoms with E-state index < -0.39 is 49.6 Å². The first-order valence-corrected chi connectivity index (χ1v) is 17.9. The van der Waals surface area contributed by atoms with E-state index in [1.54, 1.807) is 63.4 Å². The summed E-state index contributed by atoms with van der Waals surface area (Å²) >= 11 is 0. The molecule has 1 N–H and O–H groups in total. The van der Waals surface area contributed by atoms with Gasteiger partial charge >= 0.3 is 25.5 Å². The Bertz CT molecular complexity index is 1700. The first-order chi connectivity index (χ1) is 24.7. The molecular weight excluding hydrogens is 691 g/mol. The summed E-state index contributed by atoms with van der Waals surface area (Å²) in [5, 5.41) is 0. The molecule has 0 radical (unpaired) electrons. The largest absolute Gasteiger partial charge is 0.530 e. The third-order valence-corrected chi connectivity index (χ3v) is 8.86. The molecule has 17 heteroatoms. The highest BCUT2D eigenvalue weighted by molar-refractivity contribution is 7.49. The van der Waals surface area contributed by atoms with Crippen molar-refractivity contribution in [2.45, 2.75) is 57.8 Å². The average Bonchev–Trinajstić information content (AvgIpc) is 3.46. The Balaban J connectivity index is 1.59. The van der Waals surface area contributed by atoms with E-state index in [2.05, 4.69) is 4.98 Å². The van der Waals surface area contributed by atoms with Crippen molar-refractivity contribution in [1.29, 1.82) is 0 Å². The van der Waals surface area contributed by atoms with Crippen molar-refractivity contribution in [3.05, 3.63) is 98.8 Å². The van der Waals surface area contributed by atoms with Crippen LogP contribution in [-0.4, -0.2) is 86.6 Å². The molecule has 1 fully saturated rings. The molecule has 3 aromatic rings. The monoisotopic (exact) mass is 734 g/mol. The van der Waals surface area contributed by atoms with E-state index in [-0.39, 0.29) is 56.6 Å². The molecule has 0 saturated carbocycles. The lowest BCUT2D eigenvalue weighted by molar-refractivity contribution is -0.144. The van der Waals surface area contributed by atoms with Crippen molar-refractivity contribution in [3.63, 3.8) is 0 Å². The van der Waals surface area contributed by atoms with Gasteiger partial charge in [0.25, 0.3) is 5.56 Å². The van der Waals surface area contributed by atoms with Gasteiger partial charge < -0.3 is 32.9 Å². The Morgan fingerprint density at radius 2 is 1.57 bits per heavy atom. The van der Waals surface area contributed by atoms with Gasteiger partial charge in [-0.2, -0.15) is 0 Å². The van der Waals surface area contributed by atoms with Gasteiger partial charge in [-0.05, 0) is 36.2 Å². The number of phosphoric acid groups is 1. The SMILES string of the molecule is CCC(=O)OCc1ccc(OP(=O)(OCCOCCOCCOC)OC2C(OC(=O)c3ccccc3)[C@H](n3ccc(=O)[nH]c3=O)O[C@@H]2CC)cc1. The smallest absolute Gasteiger partial charge is 0.461 e. The van der Waals surface area contributed by atoms with Gasteiger partial charge in [-0.1, -0.05) is 44.2 Å². The zero-order valence-electron chi connectivity index (χ0n) is 28.6. The highest BCUT2D eigenvalue weighted by Gasteiger charge is 2.52. The summed E-state index contributed by atoms with van der Waals surface area (Å²) in [6.07, 6.45) is -3.16. The Morgan fingerprint density at radius 1 is 0.882 bits per heavy atom. The van der Waals surface area contributed by atoms with E-state index in [0.29, 0.717) is 25.4 Å². The standard InChI is InChI=1S/C34H43N2O14P/c1-4-27-30(31(48-33(39)25-9-7-6-8-10-25)32(47-27)36-16-15-28(37)35-34(36)40)50-51(41,46-22-21-44-20-19-43-18-17-42-3)49-26-13-11-24(12-14-26)23-45-29(38)5-2/h6-16,27,30-32H,4-5,17-23H2,1-3H3,(H,35,37,40)/t27-,30?,31?,32-,51?/m1/s1. The first kappa shape index (κ1) is 39.6. The number of phosphoric ester groups is 1. The lowest BCUT2D eigenvalue weighted by Crippen LogP contribution is -2.41. The van der Waals surface area contributed by atoms with Crippen molar-refractivity contribution in [1.82, 2.24) is 9.55 Å². The molecule has 0 aliphatic carbocycles. The predicted octanol–water partition coefficient (Wildman–Crippen LogP) is 3.79. The van der Waals surface area contributed by atoms with E-state index >= 15 is 0 Å². The molecule has 2 heterocycles. The first-order valence-electron chi connectivity index (χ1n) is 16.4. The fourth-order valence-electron chi connectivity index (χ4n) is 4.85. The van der Waals surface area contributed by atoms with E-state index in [9.17, 15) is 23.7 Å². The second kappa shape index (κ2) is 20.0. The summed E-state index contributed by atoms with van der Waals surface area (Å²) in [6.45, 7) is 4.60. The van der Waals surface area contributed by atoms with Crippen LogP contribution in [0.4, 0.5) is 0 Å². The Hall–Kier alpha value is -4.15.